The molecule has 1 amide bonds. The summed E-state index contributed by atoms with van der Waals surface area (Å²) in [5.41, 5.74) is 9.39. The fraction of sp³-hybridized carbons (Fsp3) is 0.250. The van der Waals surface area contributed by atoms with Crippen molar-refractivity contribution in [3.05, 3.63) is 93.9 Å². The first-order valence-electron chi connectivity index (χ1n) is 10.1. The Morgan fingerprint density at radius 3 is 2.93 bits per heavy atom. The summed E-state index contributed by atoms with van der Waals surface area (Å²) in [5, 5.41) is 4.47. The van der Waals surface area contributed by atoms with E-state index in [-0.39, 0.29) is 0 Å². The summed E-state index contributed by atoms with van der Waals surface area (Å²) >= 11 is 6.08. The summed E-state index contributed by atoms with van der Waals surface area (Å²) < 4.78 is 5.90. The van der Waals surface area contributed by atoms with Crippen molar-refractivity contribution in [3.63, 3.8) is 0 Å². The second-order valence-corrected chi connectivity index (χ2v) is 7.89. The van der Waals surface area contributed by atoms with Gasteiger partial charge in [-0.2, -0.15) is 0 Å². The minimum absolute atomic E-state index is 0.343. The predicted molar refractivity (Wildman–Crippen MR) is 118 cm³/mol. The first-order chi connectivity index (χ1) is 14.6. The monoisotopic (exact) mass is 421 g/mol. The highest BCUT2D eigenvalue weighted by molar-refractivity contribution is 6.30. The minimum atomic E-state index is -0.500. The average Bonchev–Trinajstić information content (AvgIpc) is 2.74. The van der Waals surface area contributed by atoms with Crippen LogP contribution in [0.1, 0.15) is 35.2 Å². The summed E-state index contributed by atoms with van der Waals surface area (Å²) in [6.45, 7) is 0.902. The molecular formula is C24H24ClN3O2. The highest BCUT2D eigenvalue weighted by Gasteiger charge is 2.23. The van der Waals surface area contributed by atoms with Crippen LogP contribution in [0.15, 0.2) is 77.7 Å². The molecule has 2 aliphatic rings. The number of pyridine rings is 1. The quantitative estimate of drug-likeness (QED) is 0.696. The van der Waals surface area contributed by atoms with Gasteiger partial charge in [-0.3, -0.25) is 4.79 Å². The maximum absolute atomic E-state index is 11.2. The molecule has 0 radical (unpaired) electrons. The van der Waals surface area contributed by atoms with E-state index in [9.17, 15) is 4.79 Å². The van der Waals surface area contributed by atoms with Crippen LogP contribution < -0.4 is 15.8 Å². The first kappa shape index (κ1) is 20.4. The second-order valence-electron chi connectivity index (χ2n) is 7.45. The molecule has 0 fully saturated rings. The number of nitrogens with zero attached hydrogens (tertiary/aromatic N) is 1. The number of benzene rings is 1. The standard InChI is InChI=1S/C24H24ClN3O2/c25-19-5-1-3-16(13-19)11-12-27-22-6-2-4-17-14-20(8-9-21(17)22)30-23-10-7-18(15-28-23)24(26)29/h1,3-5,7,9-10,13-15,22,27H,2,6,8,11-12H2,(H2,26,29). The van der Waals surface area contributed by atoms with E-state index >= 15 is 0 Å². The van der Waals surface area contributed by atoms with Crippen molar-refractivity contribution in [2.24, 2.45) is 5.73 Å². The number of allylic oxidation sites excluding steroid dienone is 3. The molecule has 0 spiro atoms. The summed E-state index contributed by atoms with van der Waals surface area (Å²) in [6.07, 6.45) is 11.8. The van der Waals surface area contributed by atoms with Gasteiger partial charge in [-0.15, -0.1) is 0 Å². The molecule has 154 valence electrons. The Labute approximate surface area is 181 Å². The highest BCUT2D eigenvalue weighted by atomic mass is 35.5. The van der Waals surface area contributed by atoms with E-state index < -0.39 is 5.91 Å². The molecule has 5 nitrogen and oxygen atoms in total. The number of hydrogen-bond acceptors (Lipinski definition) is 4. The van der Waals surface area contributed by atoms with E-state index in [1.807, 2.05) is 18.2 Å². The van der Waals surface area contributed by atoms with E-state index in [0.29, 0.717) is 23.9 Å². The van der Waals surface area contributed by atoms with Gasteiger partial charge in [0.25, 0.3) is 0 Å². The number of amides is 1. The molecule has 2 aromatic rings. The number of ether oxygens (including phenoxy) is 1. The largest absolute Gasteiger partial charge is 0.443 e. The fourth-order valence-electron chi connectivity index (χ4n) is 3.81. The SMILES string of the molecule is NC(=O)c1ccc(OC2=CC3=CCCC(NCCc4cccc(Cl)c4)C3=CC2)nc1. The number of hydrogen-bond donors (Lipinski definition) is 2. The van der Waals surface area contributed by atoms with Gasteiger partial charge < -0.3 is 15.8 Å². The maximum Gasteiger partial charge on any atom is 0.250 e. The van der Waals surface area contributed by atoms with Gasteiger partial charge in [-0.1, -0.05) is 35.9 Å². The normalized spacial score (nSPS) is 18.0. The molecule has 2 aliphatic carbocycles. The molecule has 3 N–H and O–H groups in total. The zero-order valence-electron chi connectivity index (χ0n) is 16.6. The van der Waals surface area contributed by atoms with Gasteiger partial charge in [0, 0.05) is 29.7 Å². The van der Waals surface area contributed by atoms with E-state index in [0.717, 1.165) is 36.6 Å². The third-order valence-electron chi connectivity index (χ3n) is 5.32. The number of carbonyl (C=O) groups excluding carboxylic acids is 1. The lowest BCUT2D eigenvalue weighted by molar-refractivity contribution is 0.1000. The number of nitrogens with two attached hydrogens (primary N) is 1. The Kier molecular flexibility index (Phi) is 6.31. The highest BCUT2D eigenvalue weighted by Crippen LogP contribution is 2.32. The van der Waals surface area contributed by atoms with E-state index in [1.165, 1.54) is 22.9 Å². The third-order valence-corrected chi connectivity index (χ3v) is 5.55. The number of halogens is 1. The molecule has 0 bridgehead atoms. The molecule has 4 rings (SSSR count). The smallest absolute Gasteiger partial charge is 0.250 e. The second kappa shape index (κ2) is 9.28. The maximum atomic E-state index is 11.2. The number of fused-ring (bicyclic) bond motifs is 1. The lowest BCUT2D eigenvalue weighted by Gasteiger charge is -2.29. The van der Waals surface area contributed by atoms with Crippen LogP contribution >= 0.6 is 11.6 Å². The van der Waals surface area contributed by atoms with Gasteiger partial charge in [0.2, 0.25) is 11.8 Å². The van der Waals surface area contributed by atoms with Gasteiger partial charge >= 0.3 is 0 Å². The first-order valence-corrected chi connectivity index (χ1v) is 10.5. The molecule has 1 heterocycles. The van der Waals surface area contributed by atoms with Crippen molar-refractivity contribution >= 4 is 17.5 Å². The molecule has 1 unspecified atom stereocenters. The van der Waals surface area contributed by atoms with Crippen LogP contribution in [-0.2, 0) is 6.42 Å². The fourth-order valence-corrected chi connectivity index (χ4v) is 4.03. The van der Waals surface area contributed by atoms with Crippen LogP contribution in [0.2, 0.25) is 5.02 Å². The van der Waals surface area contributed by atoms with Crippen molar-refractivity contribution in [2.45, 2.75) is 31.7 Å². The number of carbonyl (C=O) groups is 1. The molecule has 1 aromatic carbocycles. The summed E-state index contributed by atoms with van der Waals surface area (Å²) in [5.74, 6) is 0.791. The lowest BCUT2D eigenvalue weighted by atomic mass is 9.85. The van der Waals surface area contributed by atoms with Crippen LogP contribution in [0.25, 0.3) is 0 Å². The van der Waals surface area contributed by atoms with Crippen molar-refractivity contribution in [2.75, 3.05) is 6.54 Å². The van der Waals surface area contributed by atoms with Gasteiger partial charge in [0.05, 0.1) is 5.56 Å². The average molecular weight is 422 g/mol. The van der Waals surface area contributed by atoms with Crippen LogP contribution in [0.3, 0.4) is 0 Å². The predicted octanol–water partition coefficient (Wildman–Crippen LogP) is 4.35. The Morgan fingerprint density at radius 2 is 2.17 bits per heavy atom. The topological polar surface area (TPSA) is 77.2 Å². The van der Waals surface area contributed by atoms with Gasteiger partial charge in [-0.25, -0.2) is 4.98 Å². The molecule has 0 saturated heterocycles. The lowest BCUT2D eigenvalue weighted by Crippen LogP contribution is -2.35. The van der Waals surface area contributed by atoms with E-state index in [4.69, 9.17) is 22.1 Å². The summed E-state index contributed by atoms with van der Waals surface area (Å²) in [6, 6.07) is 11.6. The molecule has 0 aliphatic heterocycles. The zero-order valence-corrected chi connectivity index (χ0v) is 17.4. The van der Waals surface area contributed by atoms with Crippen LogP contribution in [0, 0.1) is 0 Å². The number of rotatable bonds is 7. The van der Waals surface area contributed by atoms with Crippen molar-refractivity contribution in [1.29, 1.82) is 0 Å². The van der Waals surface area contributed by atoms with Crippen LogP contribution in [0.5, 0.6) is 5.88 Å². The number of nitrogens with one attached hydrogen (secondary N) is 1. The van der Waals surface area contributed by atoms with Crippen LogP contribution in [0.4, 0.5) is 0 Å². The third kappa shape index (κ3) is 4.99. The Bertz CT molecular complexity index is 1030. The van der Waals surface area contributed by atoms with Crippen LogP contribution in [-0.4, -0.2) is 23.5 Å². The molecule has 1 atom stereocenters. The molecule has 0 saturated carbocycles. The molecule has 6 heteroatoms. The molecular weight excluding hydrogens is 398 g/mol. The Morgan fingerprint density at radius 1 is 1.27 bits per heavy atom. The van der Waals surface area contributed by atoms with Crippen molar-refractivity contribution in [1.82, 2.24) is 10.3 Å². The summed E-state index contributed by atoms with van der Waals surface area (Å²) in [7, 11) is 0. The number of primary amides is 1. The minimum Gasteiger partial charge on any atom is -0.443 e. The summed E-state index contributed by atoms with van der Waals surface area (Å²) in [4.78, 5) is 15.3. The van der Waals surface area contributed by atoms with Crippen molar-refractivity contribution < 1.29 is 9.53 Å². The number of aromatic nitrogens is 1. The van der Waals surface area contributed by atoms with Crippen molar-refractivity contribution in [3.8, 4) is 5.88 Å². The molecule has 1 aromatic heterocycles. The van der Waals surface area contributed by atoms with Gasteiger partial charge in [0.1, 0.15) is 5.76 Å². The molecule has 30 heavy (non-hydrogen) atoms. The van der Waals surface area contributed by atoms with Gasteiger partial charge in [-0.05, 0) is 66.8 Å². The Hall–Kier alpha value is -2.89. The van der Waals surface area contributed by atoms with E-state index in [1.54, 1.807) is 12.1 Å². The Balaban J connectivity index is 1.35. The zero-order chi connectivity index (χ0) is 20.9. The van der Waals surface area contributed by atoms with E-state index in [2.05, 4.69) is 34.6 Å². The van der Waals surface area contributed by atoms with Gasteiger partial charge in [0.15, 0.2) is 0 Å².